The lowest BCUT2D eigenvalue weighted by atomic mass is 9.63. The predicted molar refractivity (Wildman–Crippen MR) is 101 cm³/mol. The standard InChI is InChI=1S/C23H38O2/c1-5-22(3,4)21(24)25-23(6-2)14-17-13-19(23)20-16-9-7-8-15(10-11-16)12-18(17)20/h15-20H,5-14H2,1-4H3. The number of ether oxygens (including phenoxy) is 1. The van der Waals surface area contributed by atoms with Gasteiger partial charge in [-0.2, -0.15) is 0 Å². The Morgan fingerprint density at radius 3 is 2.60 bits per heavy atom. The number of fused-ring (bicyclic) bond motifs is 9. The number of esters is 1. The van der Waals surface area contributed by atoms with Crippen LogP contribution in [0.4, 0.5) is 0 Å². The van der Waals surface area contributed by atoms with Crippen LogP contribution in [0.25, 0.3) is 0 Å². The maximum Gasteiger partial charge on any atom is 0.312 e. The van der Waals surface area contributed by atoms with Crippen LogP contribution in [0.2, 0.25) is 0 Å². The fourth-order valence-corrected chi connectivity index (χ4v) is 7.17. The number of carbonyl (C=O) groups is 1. The largest absolute Gasteiger partial charge is 0.458 e. The lowest BCUT2D eigenvalue weighted by molar-refractivity contribution is -0.183. The zero-order chi connectivity index (χ0) is 17.8. The number of hydrogen-bond donors (Lipinski definition) is 0. The molecule has 25 heavy (non-hydrogen) atoms. The molecule has 0 aromatic carbocycles. The van der Waals surface area contributed by atoms with Crippen LogP contribution in [0, 0.1) is 40.9 Å². The van der Waals surface area contributed by atoms with Gasteiger partial charge in [-0.05, 0) is 82.0 Å². The third-order valence-electron chi connectivity index (χ3n) is 9.02. The molecule has 0 heterocycles. The Balaban J connectivity index is 1.60. The van der Waals surface area contributed by atoms with Gasteiger partial charge in [-0.1, -0.05) is 39.5 Å². The highest BCUT2D eigenvalue weighted by Crippen LogP contribution is 2.66. The van der Waals surface area contributed by atoms with Gasteiger partial charge in [-0.3, -0.25) is 4.79 Å². The van der Waals surface area contributed by atoms with E-state index < -0.39 is 0 Å². The van der Waals surface area contributed by atoms with E-state index >= 15 is 0 Å². The molecule has 0 radical (unpaired) electrons. The van der Waals surface area contributed by atoms with Crippen molar-refractivity contribution in [3.63, 3.8) is 0 Å². The highest BCUT2D eigenvalue weighted by molar-refractivity contribution is 5.76. The summed E-state index contributed by atoms with van der Waals surface area (Å²) < 4.78 is 6.43. The van der Waals surface area contributed by atoms with Crippen LogP contribution < -0.4 is 0 Å². The van der Waals surface area contributed by atoms with Crippen molar-refractivity contribution in [2.75, 3.05) is 0 Å². The van der Waals surface area contributed by atoms with Crippen molar-refractivity contribution in [2.24, 2.45) is 40.9 Å². The molecule has 2 heteroatoms. The molecule has 4 fully saturated rings. The highest BCUT2D eigenvalue weighted by atomic mass is 16.6. The predicted octanol–water partition coefficient (Wildman–Crippen LogP) is 5.99. The van der Waals surface area contributed by atoms with Crippen molar-refractivity contribution >= 4 is 5.97 Å². The quantitative estimate of drug-likeness (QED) is 0.585. The van der Waals surface area contributed by atoms with Crippen LogP contribution >= 0.6 is 0 Å². The molecule has 2 nitrogen and oxygen atoms in total. The highest BCUT2D eigenvalue weighted by Gasteiger charge is 2.63. The number of hydrogen-bond acceptors (Lipinski definition) is 2. The molecule has 0 spiro atoms. The van der Waals surface area contributed by atoms with E-state index in [1.54, 1.807) is 0 Å². The molecule has 7 atom stereocenters. The summed E-state index contributed by atoms with van der Waals surface area (Å²) in [7, 11) is 0. The molecule has 0 N–H and O–H groups in total. The molecular weight excluding hydrogens is 308 g/mol. The van der Waals surface area contributed by atoms with Crippen LogP contribution in [-0.2, 0) is 9.53 Å². The van der Waals surface area contributed by atoms with E-state index in [2.05, 4.69) is 13.8 Å². The summed E-state index contributed by atoms with van der Waals surface area (Å²) >= 11 is 0. The van der Waals surface area contributed by atoms with Gasteiger partial charge in [0.15, 0.2) is 0 Å². The van der Waals surface area contributed by atoms with Gasteiger partial charge in [0.1, 0.15) is 5.60 Å². The smallest absolute Gasteiger partial charge is 0.312 e. The van der Waals surface area contributed by atoms with Crippen LogP contribution in [0.15, 0.2) is 0 Å². The lowest BCUT2D eigenvalue weighted by Crippen LogP contribution is -2.49. The lowest BCUT2D eigenvalue weighted by Gasteiger charge is -2.47. The van der Waals surface area contributed by atoms with Gasteiger partial charge in [-0.25, -0.2) is 0 Å². The minimum Gasteiger partial charge on any atom is -0.458 e. The SMILES string of the molecule is CCC(C)(C)C(=O)OC1(CC)CC2CC1C1C3CCCC(CC3)CC21. The Bertz CT molecular complexity index is 524. The van der Waals surface area contributed by atoms with Crippen molar-refractivity contribution in [3.8, 4) is 0 Å². The first-order valence-corrected chi connectivity index (χ1v) is 11.1. The molecule has 0 amide bonds. The minimum atomic E-state index is -0.344. The molecule has 0 aromatic rings. The second-order valence-corrected chi connectivity index (χ2v) is 10.5. The molecule has 4 saturated carbocycles. The first-order valence-electron chi connectivity index (χ1n) is 11.1. The summed E-state index contributed by atoms with van der Waals surface area (Å²) in [6, 6.07) is 0. The van der Waals surface area contributed by atoms with Gasteiger partial charge in [0, 0.05) is 5.92 Å². The maximum atomic E-state index is 12.9. The fourth-order valence-electron chi connectivity index (χ4n) is 7.17. The normalized spacial score (nSPS) is 45.8. The fraction of sp³-hybridized carbons (Fsp3) is 0.957. The van der Waals surface area contributed by atoms with Gasteiger partial charge >= 0.3 is 5.97 Å². The topological polar surface area (TPSA) is 26.3 Å². The summed E-state index contributed by atoms with van der Waals surface area (Å²) in [4.78, 5) is 12.9. The van der Waals surface area contributed by atoms with Gasteiger partial charge in [0.05, 0.1) is 5.41 Å². The van der Waals surface area contributed by atoms with E-state index in [0.29, 0.717) is 5.92 Å². The van der Waals surface area contributed by atoms with E-state index in [0.717, 1.165) is 48.9 Å². The Kier molecular flexibility index (Phi) is 4.48. The summed E-state index contributed by atoms with van der Waals surface area (Å²) in [5.41, 5.74) is -0.491. The Hall–Kier alpha value is -0.530. The van der Waals surface area contributed by atoms with Crippen LogP contribution in [-0.4, -0.2) is 11.6 Å². The van der Waals surface area contributed by atoms with E-state index in [1.807, 2.05) is 13.8 Å². The van der Waals surface area contributed by atoms with Gasteiger partial charge in [0.25, 0.3) is 0 Å². The van der Waals surface area contributed by atoms with E-state index in [-0.39, 0.29) is 17.0 Å². The van der Waals surface area contributed by atoms with E-state index in [9.17, 15) is 4.79 Å². The molecule has 4 bridgehead atoms. The Morgan fingerprint density at radius 1 is 1.08 bits per heavy atom. The zero-order valence-corrected chi connectivity index (χ0v) is 16.9. The molecule has 0 aromatic heterocycles. The molecular formula is C23H38O2. The number of rotatable bonds is 4. The molecule has 0 aliphatic heterocycles. The van der Waals surface area contributed by atoms with Gasteiger partial charge in [-0.15, -0.1) is 0 Å². The van der Waals surface area contributed by atoms with E-state index in [1.165, 1.54) is 44.9 Å². The molecule has 7 unspecified atom stereocenters. The van der Waals surface area contributed by atoms with E-state index in [4.69, 9.17) is 4.74 Å². The molecule has 4 aliphatic carbocycles. The van der Waals surface area contributed by atoms with Gasteiger partial charge < -0.3 is 4.74 Å². The van der Waals surface area contributed by atoms with Crippen LogP contribution in [0.5, 0.6) is 0 Å². The second kappa shape index (κ2) is 6.27. The van der Waals surface area contributed by atoms with Crippen molar-refractivity contribution in [3.05, 3.63) is 0 Å². The summed E-state index contributed by atoms with van der Waals surface area (Å²) in [6.07, 6.45) is 13.1. The molecule has 4 rings (SSSR count). The Morgan fingerprint density at radius 2 is 1.88 bits per heavy atom. The Labute approximate surface area is 154 Å². The molecule has 0 saturated heterocycles. The third-order valence-corrected chi connectivity index (χ3v) is 9.02. The first kappa shape index (κ1) is 17.9. The van der Waals surface area contributed by atoms with Crippen molar-refractivity contribution in [1.29, 1.82) is 0 Å². The maximum absolute atomic E-state index is 12.9. The summed E-state index contributed by atoms with van der Waals surface area (Å²) in [5, 5.41) is 0. The zero-order valence-electron chi connectivity index (χ0n) is 16.9. The monoisotopic (exact) mass is 346 g/mol. The van der Waals surface area contributed by atoms with Crippen LogP contribution in [0.1, 0.15) is 91.9 Å². The summed E-state index contributed by atoms with van der Waals surface area (Å²) in [5.74, 6) is 5.23. The second-order valence-electron chi connectivity index (χ2n) is 10.5. The van der Waals surface area contributed by atoms with Gasteiger partial charge in [0.2, 0.25) is 0 Å². The average molecular weight is 347 g/mol. The third kappa shape index (κ3) is 2.77. The van der Waals surface area contributed by atoms with Crippen molar-refractivity contribution < 1.29 is 9.53 Å². The molecule has 4 aliphatic rings. The summed E-state index contributed by atoms with van der Waals surface area (Å²) in [6.45, 7) is 8.46. The van der Waals surface area contributed by atoms with Crippen molar-refractivity contribution in [2.45, 2.75) is 97.5 Å². The average Bonchev–Trinajstić information content (AvgIpc) is 2.92. The first-order chi connectivity index (χ1) is 11.9. The molecule has 142 valence electrons. The number of carbonyl (C=O) groups excluding carboxylic acids is 1. The van der Waals surface area contributed by atoms with Crippen LogP contribution in [0.3, 0.4) is 0 Å². The van der Waals surface area contributed by atoms with Crippen molar-refractivity contribution in [1.82, 2.24) is 0 Å². The minimum absolute atomic E-state index is 0.0519.